The van der Waals surface area contributed by atoms with E-state index in [0.717, 1.165) is 24.0 Å². The second-order valence-electron chi connectivity index (χ2n) is 5.97. The highest BCUT2D eigenvalue weighted by atomic mass is 35.5. The van der Waals surface area contributed by atoms with E-state index in [0.29, 0.717) is 30.3 Å². The van der Waals surface area contributed by atoms with Crippen LogP contribution >= 0.6 is 22.9 Å². The Hall–Kier alpha value is -1.96. The first-order valence-electron chi connectivity index (χ1n) is 8.09. The Bertz CT molecular complexity index is 774. The maximum Gasteiger partial charge on any atom is 0.321 e. The molecule has 1 fully saturated rings. The van der Waals surface area contributed by atoms with Crippen LogP contribution in [0.3, 0.4) is 0 Å². The first kappa shape index (κ1) is 16.5. The van der Waals surface area contributed by atoms with Crippen LogP contribution in [0.5, 0.6) is 11.5 Å². The lowest BCUT2D eigenvalue weighted by atomic mass is 10.2. The smallest absolute Gasteiger partial charge is 0.321 e. The van der Waals surface area contributed by atoms with Gasteiger partial charge in [0.2, 0.25) is 6.79 Å². The monoisotopic (exact) mass is 379 g/mol. The predicted octanol–water partition coefficient (Wildman–Crippen LogP) is 3.48. The van der Waals surface area contributed by atoms with Crippen molar-refractivity contribution in [3.05, 3.63) is 39.5 Å². The van der Waals surface area contributed by atoms with Gasteiger partial charge in [0.05, 0.1) is 4.34 Å². The Morgan fingerprint density at radius 3 is 2.68 bits per heavy atom. The zero-order chi connectivity index (χ0) is 17.2. The van der Waals surface area contributed by atoms with Crippen molar-refractivity contribution >= 4 is 34.7 Å². The Balaban J connectivity index is 1.29. The standard InChI is InChI=1S/C17H18ClN3O3S/c18-16-4-2-13(25-16)10-20-5-7-21(8-6-20)17(22)19-12-1-3-14-15(9-12)24-11-23-14/h1-4,9H,5-8,10-11H2,(H,19,22). The molecule has 4 rings (SSSR count). The highest BCUT2D eigenvalue weighted by Gasteiger charge is 2.22. The summed E-state index contributed by atoms with van der Waals surface area (Å²) in [6.07, 6.45) is 0. The van der Waals surface area contributed by atoms with E-state index >= 15 is 0 Å². The molecule has 2 aliphatic rings. The van der Waals surface area contributed by atoms with Gasteiger partial charge < -0.3 is 19.7 Å². The molecular weight excluding hydrogens is 362 g/mol. The van der Waals surface area contributed by atoms with E-state index < -0.39 is 0 Å². The van der Waals surface area contributed by atoms with Gasteiger partial charge in [0.1, 0.15) is 0 Å². The van der Waals surface area contributed by atoms with Crippen molar-refractivity contribution in [3.63, 3.8) is 0 Å². The van der Waals surface area contributed by atoms with Crippen LogP contribution < -0.4 is 14.8 Å². The van der Waals surface area contributed by atoms with Crippen LogP contribution in [0, 0.1) is 0 Å². The summed E-state index contributed by atoms with van der Waals surface area (Å²) in [7, 11) is 0. The Morgan fingerprint density at radius 1 is 1.12 bits per heavy atom. The number of carbonyl (C=O) groups excluding carboxylic acids is 1. The van der Waals surface area contributed by atoms with Crippen LogP contribution in [0.4, 0.5) is 10.5 Å². The first-order chi connectivity index (χ1) is 12.2. The number of nitrogens with one attached hydrogen (secondary N) is 1. The number of anilines is 1. The third kappa shape index (κ3) is 3.84. The van der Waals surface area contributed by atoms with Crippen molar-refractivity contribution in [3.8, 4) is 11.5 Å². The minimum atomic E-state index is -0.0855. The van der Waals surface area contributed by atoms with Crippen molar-refractivity contribution < 1.29 is 14.3 Å². The lowest BCUT2D eigenvalue weighted by molar-refractivity contribution is 0.143. The average Bonchev–Trinajstić information content (AvgIpc) is 3.24. The van der Waals surface area contributed by atoms with E-state index in [-0.39, 0.29) is 12.8 Å². The van der Waals surface area contributed by atoms with Crippen LogP contribution in [-0.4, -0.2) is 48.8 Å². The van der Waals surface area contributed by atoms with Crippen molar-refractivity contribution in [2.45, 2.75) is 6.54 Å². The molecule has 0 unspecified atom stereocenters. The van der Waals surface area contributed by atoms with E-state index in [9.17, 15) is 4.79 Å². The average molecular weight is 380 g/mol. The molecule has 0 aliphatic carbocycles. The zero-order valence-corrected chi connectivity index (χ0v) is 15.1. The van der Waals surface area contributed by atoms with Crippen LogP contribution in [0.15, 0.2) is 30.3 Å². The van der Waals surface area contributed by atoms with E-state index in [1.165, 1.54) is 4.88 Å². The molecule has 0 saturated carbocycles. The summed E-state index contributed by atoms with van der Waals surface area (Å²) in [6.45, 7) is 4.22. The molecule has 3 heterocycles. The molecule has 1 N–H and O–H groups in total. The number of nitrogens with zero attached hydrogens (tertiary/aromatic N) is 2. The molecule has 2 aromatic rings. The van der Waals surface area contributed by atoms with Crippen LogP contribution in [-0.2, 0) is 6.54 Å². The van der Waals surface area contributed by atoms with Gasteiger partial charge in [-0.05, 0) is 24.3 Å². The summed E-state index contributed by atoms with van der Waals surface area (Å²) in [6, 6.07) is 9.32. The number of rotatable bonds is 3. The van der Waals surface area contributed by atoms with Gasteiger partial charge in [-0.1, -0.05) is 11.6 Å². The lowest BCUT2D eigenvalue weighted by Gasteiger charge is -2.34. The Morgan fingerprint density at radius 2 is 1.92 bits per heavy atom. The summed E-state index contributed by atoms with van der Waals surface area (Å²) in [4.78, 5) is 17.9. The third-order valence-electron chi connectivity index (χ3n) is 4.29. The fraction of sp³-hybridized carbons (Fsp3) is 0.353. The number of urea groups is 1. The van der Waals surface area contributed by atoms with Gasteiger partial charge in [-0.2, -0.15) is 0 Å². The number of halogens is 1. The van der Waals surface area contributed by atoms with Crippen molar-refractivity contribution in [2.24, 2.45) is 0 Å². The normalized spacial score (nSPS) is 16.9. The number of benzene rings is 1. The number of hydrogen-bond donors (Lipinski definition) is 1. The molecule has 0 bridgehead atoms. The number of ether oxygens (including phenoxy) is 2. The topological polar surface area (TPSA) is 54.0 Å². The SMILES string of the molecule is O=C(Nc1ccc2c(c1)OCO2)N1CCN(Cc2ccc(Cl)s2)CC1. The summed E-state index contributed by atoms with van der Waals surface area (Å²) < 4.78 is 11.4. The number of thiophene rings is 1. The number of fused-ring (bicyclic) bond motifs is 1. The zero-order valence-electron chi connectivity index (χ0n) is 13.5. The summed E-state index contributed by atoms with van der Waals surface area (Å²) in [5, 5.41) is 2.93. The molecule has 1 saturated heterocycles. The van der Waals surface area contributed by atoms with Gasteiger partial charge in [0.15, 0.2) is 11.5 Å². The Kier molecular flexibility index (Phi) is 4.70. The largest absolute Gasteiger partial charge is 0.454 e. The van der Waals surface area contributed by atoms with Crippen LogP contribution in [0.1, 0.15) is 4.88 Å². The van der Waals surface area contributed by atoms with E-state index in [1.807, 2.05) is 23.1 Å². The van der Waals surface area contributed by atoms with Crippen molar-refractivity contribution in [1.29, 1.82) is 0 Å². The number of amides is 2. The van der Waals surface area contributed by atoms with Gasteiger partial charge in [0, 0.05) is 49.4 Å². The maximum absolute atomic E-state index is 12.4. The molecule has 25 heavy (non-hydrogen) atoms. The molecule has 2 aliphatic heterocycles. The molecule has 132 valence electrons. The number of hydrogen-bond acceptors (Lipinski definition) is 5. The molecule has 1 aromatic heterocycles. The third-order valence-corrected chi connectivity index (χ3v) is 5.51. The number of piperazine rings is 1. The van der Waals surface area contributed by atoms with Gasteiger partial charge in [0.25, 0.3) is 0 Å². The molecule has 8 heteroatoms. The molecule has 0 spiro atoms. The fourth-order valence-corrected chi connectivity index (χ4v) is 4.07. The minimum Gasteiger partial charge on any atom is -0.454 e. The van der Waals surface area contributed by atoms with Crippen LogP contribution in [0.2, 0.25) is 4.34 Å². The molecule has 1 aromatic carbocycles. The maximum atomic E-state index is 12.4. The van der Waals surface area contributed by atoms with E-state index in [2.05, 4.69) is 16.3 Å². The van der Waals surface area contributed by atoms with E-state index in [4.69, 9.17) is 21.1 Å². The van der Waals surface area contributed by atoms with E-state index in [1.54, 1.807) is 17.4 Å². The molecule has 0 atom stereocenters. The summed E-state index contributed by atoms with van der Waals surface area (Å²) in [5.74, 6) is 1.37. The van der Waals surface area contributed by atoms with Gasteiger partial charge >= 0.3 is 6.03 Å². The quantitative estimate of drug-likeness (QED) is 0.887. The second kappa shape index (κ2) is 7.11. The fourth-order valence-electron chi connectivity index (χ4n) is 2.94. The highest BCUT2D eigenvalue weighted by Crippen LogP contribution is 2.34. The van der Waals surface area contributed by atoms with Crippen LogP contribution in [0.25, 0.3) is 0 Å². The summed E-state index contributed by atoms with van der Waals surface area (Å²) >= 11 is 7.59. The van der Waals surface area contributed by atoms with Gasteiger partial charge in [-0.3, -0.25) is 4.90 Å². The molecule has 2 amide bonds. The van der Waals surface area contributed by atoms with Gasteiger partial charge in [-0.25, -0.2) is 4.79 Å². The lowest BCUT2D eigenvalue weighted by Crippen LogP contribution is -2.49. The highest BCUT2D eigenvalue weighted by molar-refractivity contribution is 7.16. The molecule has 0 radical (unpaired) electrons. The summed E-state index contributed by atoms with van der Waals surface area (Å²) in [5.41, 5.74) is 0.713. The second-order valence-corrected chi connectivity index (χ2v) is 7.77. The van der Waals surface area contributed by atoms with Gasteiger partial charge in [-0.15, -0.1) is 11.3 Å². The predicted molar refractivity (Wildman–Crippen MR) is 97.8 cm³/mol. The number of carbonyl (C=O) groups is 1. The van der Waals surface area contributed by atoms with Crippen molar-refractivity contribution in [2.75, 3.05) is 38.3 Å². The Labute approximate surface area is 154 Å². The molecular formula is C17H18ClN3O3S. The first-order valence-corrected chi connectivity index (χ1v) is 9.29. The van der Waals surface area contributed by atoms with Crippen molar-refractivity contribution in [1.82, 2.24) is 9.80 Å². The molecule has 6 nitrogen and oxygen atoms in total. The minimum absolute atomic E-state index is 0.0855.